The zero-order valence-corrected chi connectivity index (χ0v) is 13.9. The summed E-state index contributed by atoms with van der Waals surface area (Å²) < 4.78 is 0. The molecule has 23 heavy (non-hydrogen) atoms. The van der Waals surface area contributed by atoms with Crippen LogP contribution in [0.4, 0.5) is 16.2 Å². The van der Waals surface area contributed by atoms with E-state index in [0.29, 0.717) is 11.7 Å². The van der Waals surface area contributed by atoms with Gasteiger partial charge in [-0.2, -0.15) is 0 Å². The monoisotopic (exact) mass is 320 g/mol. The lowest BCUT2D eigenvalue weighted by Gasteiger charge is -2.40. The van der Waals surface area contributed by atoms with Gasteiger partial charge in [0.2, 0.25) is 0 Å². The zero-order valence-electron chi connectivity index (χ0n) is 13.9. The van der Waals surface area contributed by atoms with Gasteiger partial charge in [-0.1, -0.05) is 13.0 Å². The van der Waals surface area contributed by atoms with Crippen LogP contribution in [0.15, 0.2) is 24.3 Å². The average Bonchev–Trinajstić information content (AvgIpc) is 2.54. The Morgan fingerprint density at radius 2 is 2.26 bits per heavy atom. The molecule has 1 aliphatic rings. The second kappa shape index (κ2) is 7.41. The van der Waals surface area contributed by atoms with Crippen LogP contribution in [-0.2, 0) is 0 Å². The molecule has 126 valence electrons. The van der Waals surface area contributed by atoms with Crippen molar-refractivity contribution in [2.75, 3.05) is 25.5 Å². The first-order valence-corrected chi connectivity index (χ1v) is 7.94. The van der Waals surface area contributed by atoms with Gasteiger partial charge < -0.3 is 15.1 Å². The van der Waals surface area contributed by atoms with Crippen LogP contribution >= 0.6 is 0 Å². The minimum Gasteiger partial charge on any atom is -0.325 e. The number of nitro benzene ring substituents is 1. The number of amides is 2. The number of rotatable bonds is 4. The highest BCUT2D eigenvalue weighted by Crippen LogP contribution is 2.22. The van der Waals surface area contributed by atoms with Crippen LogP contribution in [0.3, 0.4) is 0 Å². The minimum absolute atomic E-state index is 0.0321. The van der Waals surface area contributed by atoms with Crippen LogP contribution in [0.25, 0.3) is 0 Å². The Kier molecular flexibility index (Phi) is 5.54. The van der Waals surface area contributed by atoms with E-state index in [1.165, 1.54) is 12.1 Å². The third kappa shape index (κ3) is 4.19. The van der Waals surface area contributed by atoms with E-state index in [4.69, 9.17) is 0 Å². The molecule has 0 spiro atoms. The normalized spacial score (nSPS) is 21.7. The van der Waals surface area contributed by atoms with Crippen molar-refractivity contribution in [1.82, 2.24) is 9.80 Å². The Bertz CT molecular complexity index is 578. The molecule has 1 fully saturated rings. The first-order valence-electron chi connectivity index (χ1n) is 7.94. The largest absolute Gasteiger partial charge is 0.325 e. The summed E-state index contributed by atoms with van der Waals surface area (Å²) in [5.41, 5.74) is 0.408. The summed E-state index contributed by atoms with van der Waals surface area (Å²) in [6.07, 6.45) is 1.88. The molecule has 2 rings (SSSR count). The number of hydrogen-bond acceptors (Lipinski definition) is 4. The second-order valence-corrected chi connectivity index (χ2v) is 6.00. The highest BCUT2D eigenvalue weighted by molar-refractivity contribution is 5.89. The number of piperidine rings is 1. The maximum Gasteiger partial charge on any atom is 0.321 e. The quantitative estimate of drug-likeness (QED) is 0.683. The number of hydrogen-bond donors (Lipinski definition) is 1. The van der Waals surface area contributed by atoms with Gasteiger partial charge in [0.25, 0.3) is 5.69 Å². The van der Waals surface area contributed by atoms with Gasteiger partial charge in [0.05, 0.1) is 4.92 Å². The summed E-state index contributed by atoms with van der Waals surface area (Å²) in [5.74, 6) is 0. The third-order valence-electron chi connectivity index (χ3n) is 4.57. The Hall–Kier alpha value is -2.15. The SMILES string of the molecule is CCN1CC[C@H](N(C)C(=O)Nc2cccc([N+](=O)[O-])c2)C[C@H]1C. The van der Waals surface area contributed by atoms with E-state index < -0.39 is 4.92 Å². The Morgan fingerprint density at radius 1 is 1.52 bits per heavy atom. The number of carbonyl (C=O) groups excluding carboxylic acids is 1. The number of urea groups is 1. The van der Waals surface area contributed by atoms with Crippen LogP contribution in [0.5, 0.6) is 0 Å². The highest BCUT2D eigenvalue weighted by atomic mass is 16.6. The van der Waals surface area contributed by atoms with E-state index in [1.54, 1.807) is 24.1 Å². The molecule has 1 heterocycles. The molecular formula is C16H24N4O3. The molecule has 7 nitrogen and oxygen atoms in total. The highest BCUT2D eigenvalue weighted by Gasteiger charge is 2.29. The van der Waals surface area contributed by atoms with Crippen molar-refractivity contribution in [1.29, 1.82) is 0 Å². The zero-order chi connectivity index (χ0) is 17.0. The number of carbonyl (C=O) groups is 1. The number of anilines is 1. The van der Waals surface area contributed by atoms with Crippen LogP contribution in [0.2, 0.25) is 0 Å². The Morgan fingerprint density at radius 3 is 2.87 bits per heavy atom. The maximum absolute atomic E-state index is 12.4. The van der Waals surface area contributed by atoms with Crippen LogP contribution in [-0.4, -0.2) is 53.0 Å². The van der Waals surface area contributed by atoms with Gasteiger partial charge in [-0.25, -0.2) is 4.79 Å². The lowest BCUT2D eigenvalue weighted by atomic mass is 9.97. The van der Waals surface area contributed by atoms with Crippen molar-refractivity contribution < 1.29 is 9.72 Å². The van der Waals surface area contributed by atoms with Gasteiger partial charge in [0.15, 0.2) is 0 Å². The molecule has 0 aromatic heterocycles. The van der Waals surface area contributed by atoms with Gasteiger partial charge in [0, 0.05) is 43.5 Å². The van der Waals surface area contributed by atoms with E-state index in [1.807, 2.05) is 0 Å². The molecule has 1 aromatic carbocycles. The van der Waals surface area contributed by atoms with Gasteiger partial charge in [-0.05, 0) is 32.4 Å². The summed E-state index contributed by atoms with van der Waals surface area (Å²) in [7, 11) is 1.78. The lowest BCUT2D eigenvalue weighted by molar-refractivity contribution is -0.384. The predicted octanol–water partition coefficient (Wildman–Crippen LogP) is 2.93. The third-order valence-corrected chi connectivity index (χ3v) is 4.57. The topological polar surface area (TPSA) is 78.7 Å². The Balaban J connectivity index is 1.98. The second-order valence-electron chi connectivity index (χ2n) is 6.00. The lowest BCUT2D eigenvalue weighted by Crippen LogP contribution is -2.50. The standard InChI is InChI=1S/C16H24N4O3/c1-4-19-9-8-14(10-12(19)2)18(3)16(21)17-13-6-5-7-15(11-13)20(22)23/h5-7,11-12,14H,4,8-10H2,1-3H3,(H,17,21)/t12-,14+/m1/s1. The Labute approximate surface area is 136 Å². The number of nitrogens with zero attached hydrogens (tertiary/aromatic N) is 3. The number of likely N-dealkylation sites (tertiary alicyclic amines) is 1. The van der Waals surface area contributed by atoms with Crippen molar-refractivity contribution in [2.45, 2.75) is 38.8 Å². The first kappa shape index (κ1) is 17.2. The van der Waals surface area contributed by atoms with Crippen molar-refractivity contribution in [2.24, 2.45) is 0 Å². The van der Waals surface area contributed by atoms with E-state index >= 15 is 0 Å². The summed E-state index contributed by atoms with van der Waals surface area (Å²) in [5, 5.41) is 13.5. The van der Waals surface area contributed by atoms with Crippen molar-refractivity contribution in [3.05, 3.63) is 34.4 Å². The van der Waals surface area contributed by atoms with Crippen molar-refractivity contribution >= 4 is 17.4 Å². The van der Waals surface area contributed by atoms with Crippen LogP contribution < -0.4 is 5.32 Å². The number of non-ortho nitro benzene ring substituents is 1. The van der Waals surface area contributed by atoms with Gasteiger partial charge in [-0.3, -0.25) is 10.1 Å². The molecule has 0 saturated carbocycles. The maximum atomic E-state index is 12.4. The summed E-state index contributed by atoms with van der Waals surface area (Å²) in [4.78, 5) is 26.8. The molecule has 2 atom stereocenters. The van der Waals surface area contributed by atoms with Crippen molar-refractivity contribution in [3.8, 4) is 0 Å². The smallest absolute Gasteiger partial charge is 0.321 e. The van der Waals surface area contributed by atoms with E-state index in [9.17, 15) is 14.9 Å². The number of benzene rings is 1. The summed E-state index contributed by atoms with van der Waals surface area (Å²) in [6, 6.07) is 6.40. The van der Waals surface area contributed by atoms with E-state index in [0.717, 1.165) is 25.9 Å². The van der Waals surface area contributed by atoms with Crippen LogP contribution in [0, 0.1) is 10.1 Å². The molecule has 0 radical (unpaired) electrons. The van der Waals surface area contributed by atoms with E-state index in [2.05, 4.69) is 24.1 Å². The minimum atomic E-state index is -0.471. The fraction of sp³-hybridized carbons (Fsp3) is 0.562. The molecule has 0 unspecified atom stereocenters. The number of nitro groups is 1. The fourth-order valence-electron chi connectivity index (χ4n) is 3.09. The molecule has 0 aliphatic carbocycles. The molecular weight excluding hydrogens is 296 g/mol. The molecule has 1 aromatic rings. The van der Waals surface area contributed by atoms with Gasteiger partial charge in [0.1, 0.15) is 0 Å². The van der Waals surface area contributed by atoms with Gasteiger partial charge >= 0.3 is 6.03 Å². The molecule has 1 N–H and O–H groups in total. The predicted molar refractivity (Wildman–Crippen MR) is 89.6 cm³/mol. The van der Waals surface area contributed by atoms with Crippen molar-refractivity contribution in [3.63, 3.8) is 0 Å². The molecule has 1 saturated heterocycles. The van der Waals surface area contributed by atoms with E-state index in [-0.39, 0.29) is 17.8 Å². The first-order chi connectivity index (χ1) is 10.9. The fourth-order valence-corrected chi connectivity index (χ4v) is 3.09. The van der Waals surface area contributed by atoms with Gasteiger partial charge in [-0.15, -0.1) is 0 Å². The molecule has 1 aliphatic heterocycles. The molecule has 0 bridgehead atoms. The summed E-state index contributed by atoms with van der Waals surface area (Å²) in [6.45, 7) is 6.34. The number of nitrogens with one attached hydrogen (secondary N) is 1. The summed E-state index contributed by atoms with van der Waals surface area (Å²) >= 11 is 0. The molecule has 2 amide bonds. The average molecular weight is 320 g/mol. The van der Waals surface area contributed by atoms with Crippen LogP contribution in [0.1, 0.15) is 26.7 Å². The molecule has 7 heteroatoms.